The van der Waals surface area contributed by atoms with Crippen molar-refractivity contribution in [3.63, 3.8) is 0 Å². The second kappa shape index (κ2) is 8.49. The van der Waals surface area contributed by atoms with E-state index in [0.717, 1.165) is 30.9 Å². The molecule has 17 heavy (non-hydrogen) atoms. The summed E-state index contributed by atoms with van der Waals surface area (Å²) in [6.07, 6.45) is 9.31. The van der Waals surface area contributed by atoms with E-state index >= 15 is 0 Å². The molecule has 0 aromatic rings. The van der Waals surface area contributed by atoms with Crippen LogP contribution >= 0.6 is 15.9 Å². The molecule has 0 aromatic heterocycles. The maximum absolute atomic E-state index is 5.84. The van der Waals surface area contributed by atoms with Crippen LogP contribution in [0.2, 0.25) is 0 Å². The zero-order valence-electron chi connectivity index (χ0n) is 11.3. The molecular weight excluding hydrogens is 280 g/mol. The van der Waals surface area contributed by atoms with Crippen LogP contribution in [0.1, 0.15) is 58.8 Å². The fourth-order valence-corrected chi connectivity index (χ4v) is 3.36. The molecule has 0 atom stereocenters. The lowest BCUT2D eigenvalue weighted by Gasteiger charge is -2.33. The van der Waals surface area contributed by atoms with Gasteiger partial charge in [0, 0.05) is 19.6 Å². The molecule has 3 heteroatoms. The van der Waals surface area contributed by atoms with Crippen molar-refractivity contribution in [2.24, 2.45) is 5.92 Å². The quantitative estimate of drug-likeness (QED) is 0.485. The molecule has 0 bridgehead atoms. The first-order valence-electron chi connectivity index (χ1n) is 7.10. The topological polar surface area (TPSA) is 18.5 Å². The minimum absolute atomic E-state index is 0.388. The van der Waals surface area contributed by atoms with Crippen LogP contribution in [0.4, 0.5) is 0 Å². The summed E-state index contributed by atoms with van der Waals surface area (Å²) in [5, 5.41) is 0.772. The maximum atomic E-state index is 5.84. The Hall–Kier alpha value is 0.400. The summed E-state index contributed by atoms with van der Waals surface area (Å²) in [7, 11) is 0. The third-order valence-electron chi connectivity index (χ3n) is 3.68. The van der Waals surface area contributed by atoms with Gasteiger partial charge in [-0.25, -0.2) is 0 Å². The summed E-state index contributed by atoms with van der Waals surface area (Å²) in [5.41, 5.74) is 0. The van der Waals surface area contributed by atoms with Gasteiger partial charge >= 0.3 is 0 Å². The van der Waals surface area contributed by atoms with E-state index in [4.69, 9.17) is 9.47 Å². The zero-order chi connectivity index (χ0) is 12.6. The van der Waals surface area contributed by atoms with Crippen LogP contribution in [-0.4, -0.2) is 24.3 Å². The van der Waals surface area contributed by atoms with Crippen LogP contribution in [0.3, 0.4) is 0 Å². The van der Waals surface area contributed by atoms with Crippen LogP contribution in [-0.2, 0) is 9.47 Å². The van der Waals surface area contributed by atoms with Gasteiger partial charge in [0.2, 0.25) is 0 Å². The van der Waals surface area contributed by atoms with Gasteiger partial charge in [-0.3, -0.25) is 0 Å². The third-order valence-corrected chi connectivity index (χ3v) is 4.53. The zero-order valence-corrected chi connectivity index (χ0v) is 12.9. The van der Waals surface area contributed by atoms with Crippen molar-refractivity contribution in [2.75, 3.05) is 18.5 Å². The van der Waals surface area contributed by atoms with E-state index in [1.54, 1.807) is 0 Å². The van der Waals surface area contributed by atoms with Crippen molar-refractivity contribution >= 4 is 15.9 Å². The van der Waals surface area contributed by atoms with Gasteiger partial charge in [-0.05, 0) is 26.2 Å². The molecular formula is C14H27BrO2. The molecule has 0 amide bonds. The first-order chi connectivity index (χ1) is 8.26. The van der Waals surface area contributed by atoms with Crippen molar-refractivity contribution in [1.82, 2.24) is 0 Å². The highest BCUT2D eigenvalue weighted by Crippen LogP contribution is 2.32. The Kier molecular flexibility index (Phi) is 7.72. The van der Waals surface area contributed by atoms with Crippen molar-refractivity contribution < 1.29 is 9.47 Å². The summed E-state index contributed by atoms with van der Waals surface area (Å²) in [6.45, 7) is 5.51. The molecule has 0 unspecified atom stereocenters. The van der Waals surface area contributed by atoms with Crippen molar-refractivity contribution in [3.05, 3.63) is 0 Å². The van der Waals surface area contributed by atoms with Gasteiger partial charge in [0.05, 0.1) is 5.33 Å². The largest absolute Gasteiger partial charge is 0.349 e. The number of ether oxygens (including phenoxy) is 2. The Morgan fingerprint density at radius 3 is 2.12 bits per heavy atom. The van der Waals surface area contributed by atoms with E-state index in [0.29, 0.717) is 0 Å². The minimum atomic E-state index is -0.388. The van der Waals surface area contributed by atoms with E-state index in [2.05, 4.69) is 15.9 Å². The second-order valence-corrected chi connectivity index (χ2v) is 5.51. The lowest BCUT2D eigenvalue weighted by molar-refractivity contribution is -0.222. The van der Waals surface area contributed by atoms with Gasteiger partial charge in [-0.2, -0.15) is 0 Å². The Labute approximate surface area is 115 Å². The smallest absolute Gasteiger partial charge is 0.177 e. The number of halogens is 1. The average Bonchev–Trinajstić information content (AvgIpc) is 2.38. The van der Waals surface area contributed by atoms with E-state index in [1.165, 1.54) is 38.5 Å². The van der Waals surface area contributed by atoms with Crippen LogP contribution in [0.25, 0.3) is 0 Å². The normalized spacial score (nSPS) is 18.5. The molecule has 0 heterocycles. The predicted molar refractivity (Wildman–Crippen MR) is 75.6 cm³/mol. The monoisotopic (exact) mass is 306 g/mol. The molecule has 0 radical (unpaired) electrons. The van der Waals surface area contributed by atoms with E-state index in [9.17, 15) is 0 Å². The maximum Gasteiger partial charge on any atom is 0.177 e. The molecule has 0 N–H and O–H groups in total. The fourth-order valence-electron chi connectivity index (χ4n) is 2.76. The van der Waals surface area contributed by atoms with Gasteiger partial charge in [-0.1, -0.05) is 48.0 Å². The summed E-state index contributed by atoms with van der Waals surface area (Å²) in [6, 6.07) is 0. The lowest BCUT2D eigenvalue weighted by atomic mass is 9.85. The number of alkyl halides is 1. The molecule has 0 saturated heterocycles. The molecule has 1 saturated carbocycles. The summed E-state index contributed by atoms with van der Waals surface area (Å²) >= 11 is 3.55. The first kappa shape index (κ1) is 15.5. The van der Waals surface area contributed by atoms with E-state index in [1.807, 2.05) is 13.8 Å². The van der Waals surface area contributed by atoms with Crippen LogP contribution in [0, 0.1) is 5.92 Å². The first-order valence-corrected chi connectivity index (χ1v) is 8.22. The van der Waals surface area contributed by atoms with Crippen LogP contribution in [0.15, 0.2) is 0 Å². The molecule has 2 nitrogen and oxygen atoms in total. The van der Waals surface area contributed by atoms with Crippen molar-refractivity contribution in [1.29, 1.82) is 0 Å². The SMILES string of the molecule is CCOC(CBr)(CCC1CCCCC1)OCC. The second-order valence-electron chi connectivity index (χ2n) is 4.95. The number of hydrogen-bond donors (Lipinski definition) is 0. The highest BCUT2D eigenvalue weighted by atomic mass is 79.9. The molecule has 1 fully saturated rings. The molecule has 0 spiro atoms. The van der Waals surface area contributed by atoms with Crippen molar-refractivity contribution in [3.8, 4) is 0 Å². The summed E-state index contributed by atoms with van der Waals surface area (Å²) in [5.74, 6) is 0.504. The van der Waals surface area contributed by atoms with Gasteiger partial charge in [0.25, 0.3) is 0 Å². The Bertz CT molecular complexity index is 185. The number of rotatable bonds is 8. The van der Waals surface area contributed by atoms with E-state index < -0.39 is 0 Å². The van der Waals surface area contributed by atoms with Gasteiger partial charge in [0.15, 0.2) is 5.79 Å². The molecule has 0 aliphatic heterocycles. The van der Waals surface area contributed by atoms with Gasteiger partial charge in [0.1, 0.15) is 0 Å². The standard InChI is InChI=1S/C14H27BrO2/c1-3-16-14(12-15,17-4-2)11-10-13-8-6-5-7-9-13/h13H,3-12H2,1-2H3. The highest BCUT2D eigenvalue weighted by molar-refractivity contribution is 9.09. The molecule has 102 valence electrons. The molecule has 1 rings (SSSR count). The molecule has 1 aliphatic carbocycles. The highest BCUT2D eigenvalue weighted by Gasteiger charge is 2.31. The van der Waals surface area contributed by atoms with Crippen LogP contribution in [0.5, 0.6) is 0 Å². The summed E-state index contributed by atoms with van der Waals surface area (Å²) in [4.78, 5) is 0. The van der Waals surface area contributed by atoms with E-state index in [-0.39, 0.29) is 5.79 Å². The Morgan fingerprint density at radius 2 is 1.65 bits per heavy atom. The lowest BCUT2D eigenvalue weighted by Crippen LogP contribution is -2.38. The van der Waals surface area contributed by atoms with Crippen LogP contribution < -0.4 is 0 Å². The third kappa shape index (κ3) is 5.27. The van der Waals surface area contributed by atoms with Gasteiger partial charge < -0.3 is 9.47 Å². The predicted octanol–water partition coefficient (Wildman–Crippen LogP) is 4.51. The summed E-state index contributed by atoms with van der Waals surface area (Å²) < 4.78 is 11.7. The molecule has 1 aliphatic rings. The van der Waals surface area contributed by atoms with Gasteiger partial charge in [-0.15, -0.1) is 0 Å². The number of hydrogen-bond acceptors (Lipinski definition) is 2. The van der Waals surface area contributed by atoms with Crippen molar-refractivity contribution in [2.45, 2.75) is 64.6 Å². The fraction of sp³-hybridized carbons (Fsp3) is 1.00. The Balaban J connectivity index is 2.40. The Morgan fingerprint density at radius 1 is 1.06 bits per heavy atom. The minimum Gasteiger partial charge on any atom is -0.349 e. The average molecular weight is 307 g/mol. The molecule has 0 aromatic carbocycles.